The molecule has 0 radical (unpaired) electrons. The molecule has 2 N–H and O–H groups in total. The molecule has 0 saturated carbocycles. The average molecular weight is 314 g/mol. The first-order valence-electron chi connectivity index (χ1n) is 8.21. The summed E-state index contributed by atoms with van der Waals surface area (Å²) in [6, 6.07) is 14.0. The van der Waals surface area contributed by atoms with Gasteiger partial charge in [0.05, 0.1) is 6.10 Å². The number of aliphatic hydroxyl groups excluding tert-OH is 1. The van der Waals surface area contributed by atoms with Crippen LogP contribution in [0.1, 0.15) is 36.3 Å². The summed E-state index contributed by atoms with van der Waals surface area (Å²) in [6.07, 6.45) is 3.19. The number of nitrogens with one attached hydrogen (secondary N) is 1. The van der Waals surface area contributed by atoms with E-state index in [1.165, 1.54) is 5.56 Å². The number of rotatable bonds is 8. The number of aliphatic hydroxyl groups is 1. The second-order valence-corrected chi connectivity index (χ2v) is 6.22. The van der Waals surface area contributed by atoms with Gasteiger partial charge in [0, 0.05) is 19.3 Å². The molecule has 124 valence electrons. The number of hydrogen-bond donors (Lipinski definition) is 2. The summed E-state index contributed by atoms with van der Waals surface area (Å²) in [4.78, 5) is 12.3. The molecule has 0 saturated heterocycles. The van der Waals surface area contributed by atoms with Crippen molar-refractivity contribution in [2.45, 2.75) is 39.3 Å². The Morgan fingerprint density at radius 2 is 1.91 bits per heavy atom. The Hall–Kier alpha value is -2.07. The summed E-state index contributed by atoms with van der Waals surface area (Å²) in [5, 5.41) is 12.3. The van der Waals surface area contributed by atoms with Gasteiger partial charge in [-0.3, -0.25) is 4.79 Å². The Balaban J connectivity index is 1.88. The van der Waals surface area contributed by atoms with E-state index in [1.54, 1.807) is 6.92 Å². The molecule has 0 fully saturated rings. The van der Waals surface area contributed by atoms with Gasteiger partial charge < -0.3 is 15.0 Å². The number of carbonyl (C=O) groups is 1. The highest BCUT2D eigenvalue weighted by molar-refractivity contribution is 5.92. The molecule has 4 heteroatoms. The van der Waals surface area contributed by atoms with E-state index in [0.717, 1.165) is 13.0 Å². The third-order valence-electron chi connectivity index (χ3n) is 3.90. The smallest absolute Gasteiger partial charge is 0.267 e. The number of hydrogen-bond acceptors (Lipinski definition) is 2. The van der Waals surface area contributed by atoms with Crippen molar-refractivity contribution >= 4 is 5.91 Å². The van der Waals surface area contributed by atoms with Crippen molar-refractivity contribution in [3.63, 3.8) is 0 Å². The van der Waals surface area contributed by atoms with Crippen LogP contribution in [0.25, 0.3) is 0 Å². The van der Waals surface area contributed by atoms with E-state index in [4.69, 9.17) is 0 Å². The van der Waals surface area contributed by atoms with Crippen molar-refractivity contribution in [2.75, 3.05) is 6.54 Å². The highest BCUT2D eigenvalue weighted by atomic mass is 16.3. The summed E-state index contributed by atoms with van der Waals surface area (Å²) in [5.74, 6) is 0.201. The molecular weight excluding hydrogens is 288 g/mol. The van der Waals surface area contributed by atoms with Crippen LogP contribution in [0.4, 0.5) is 0 Å². The lowest BCUT2D eigenvalue weighted by atomic mass is 10.0. The average Bonchev–Trinajstić information content (AvgIpc) is 2.99. The third kappa shape index (κ3) is 5.57. The molecule has 2 unspecified atom stereocenters. The number of carbonyl (C=O) groups excluding carboxylic acids is 1. The fourth-order valence-electron chi connectivity index (χ4n) is 2.73. The van der Waals surface area contributed by atoms with E-state index in [0.29, 0.717) is 18.7 Å². The van der Waals surface area contributed by atoms with Gasteiger partial charge >= 0.3 is 0 Å². The van der Waals surface area contributed by atoms with Gasteiger partial charge in [0.2, 0.25) is 0 Å². The molecule has 1 aromatic carbocycles. The zero-order valence-corrected chi connectivity index (χ0v) is 13.9. The highest BCUT2D eigenvalue weighted by Crippen LogP contribution is 2.08. The van der Waals surface area contributed by atoms with Crippen molar-refractivity contribution in [1.29, 1.82) is 0 Å². The molecule has 2 atom stereocenters. The summed E-state index contributed by atoms with van der Waals surface area (Å²) >= 11 is 0. The normalized spacial score (nSPS) is 13.5. The predicted octanol–water partition coefficient (Wildman–Crippen LogP) is 2.87. The van der Waals surface area contributed by atoms with Crippen LogP contribution < -0.4 is 5.32 Å². The molecule has 1 amide bonds. The SMILES string of the molecule is CC(O)CC(C)CNC(=O)c1cccn1CCc1ccccc1. The maximum atomic E-state index is 12.3. The van der Waals surface area contributed by atoms with E-state index in [9.17, 15) is 9.90 Å². The van der Waals surface area contributed by atoms with Crippen molar-refractivity contribution in [3.05, 3.63) is 59.9 Å². The number of aryl methyl sites for hydroxylation is 2. The third-order valence-corrected chi connectivity index (χ3v) is 3.90. The van der Waals surface area contributed by atoms with Crippen molar-refractivity contribution in [3.8, 4) is 0 Å². The molecule has 23 heavy (non-hydrogen) atoms. The molecule has 0 bridgehead atoms. The van der Waals surface area contributed by atoms with E-state index in [2.05, 4.69) is 17.4 Å². The van der Waals surface area contributed by atoms with E-state index in [-0.39, 0.29) is 17.9 Å². The number of nitrogens with zero attached hydrogens (tertiary/aromatic N) is 1. The van der Waals surface area contributed by atoms with E-state index in [1.807, 2.05) is 48.0 Å². The summed E-state index contributed by atoms with van der Waals surface area (Å²) in [7, 11) is 0. The van der Waals surface area contributed by atoms with Gasteiger partial charge in [-0.1, -0.05) is 37.3 Å². The van der Waals surface area contributed by atoms with Gasteiger partial charge in [-0.15, -0.1) is 0 Å². The van der Waals surface area contributed by atoms with Crippen LogP contribution in [0.5, 0.6) is 0 Å². The molecule has 0 aliphatic heterocycles. The highest BCUT2D eigenvalue weighted by Gasteiger charge is 2.13. The predicted molar refractivity (Wildman–Crippen MR) is 92.4 cm³/mol. The topological polar surface area (TPSA) is 54.3 Å². The largest absolute Gasteiger partial charge is 0.393 e. The fraction of sp³-hybridized carbons (Fsp3) is 0.421. The first kappa shape index (κ1) is 17.3. The molecule has 1 aromatic heterocycles. The zero-order chi connectivity index (χ0) is 16.7. The maximum absolute atomic E-state index is 12.3. The lowest BCUT2D eigenvalue weighted by Crippen LogP contribution is -2.31. The van der Waals surface area contributed by atoms with Crippen molar-refractivity contribution in [1.82, 2.24) is 9.88 Å². The van der Waals surface area contributed by atoms with Gasteiger partial charge in [0.15, 0.2) is 0 Å². The Labute approximate surface area is 138 Å². The lowest BCUT2D eigenvalue weighted by Gasteiger charge is -2.15. The first-order valence-corrected chi connectivity index (χ1v) is 8.21. The standard InChI is InChI=1S/C19H26N2O2/c1-15(13-16(2)22)14-20-19(23)18-9-6-11-21(18)12-10-17-7-4-3-5-8-17/h3-9,11,15-16,22H,10,12-14H2,1-2H3,(H,20,23). The molecule has 1 heterocycles. The molecular formula is C19H26N2O2. The minimum absolute atomic E-state index is 0.0551. The van der Waals surface area contributed by atoms with Crippen LogP contribution in [-0.4, -0.2) is 28.2 Å². The molecule has 2 aromatic rings. The number of aromatic nitrogens is 1. The van der Waals surface area contributed by atoms with Crippen LogP contribution in [0.15, 0.2) is 48.7 Å². The molecule has 4 nitrogen and oxygen atoms in total. The van der Waals surface area contributed by atoms with Crippen LogP contribution in [0.2, 0.25) is 0 Å². The molecule has 0 aliphatic carbocycles. The zero-order valence-electron chi connectivity index (χ0n) is 13.9. The van der Waals surface area contributed by atoms with Crippen LogP contribution in [0, 0.1) is 5.92 Å². The monoisotopic (exact) mass is 314 g/mol. The minimum atomic E-state index is -0.336. The van der Waals surface area contributed by atoms with Gasteiger partial charge in [-0.25, -0.2) is 0 Å². The second kappa shape index (κ2) is 8.53. The Kier molecular flexibility index (Phi) is 6.41. The van der Waals surface area contributed by atoms with Gasteiger partial charge in [-0.2, -0.15) is 0 Å². The summed E-state index contributed by atoms with van der Waals surface area (Å²) in [6.45, 7) is 5.16. The van der Waals surface area contributed by atoms with Gasteiger partial charge in [0.25, 0.3) is 5.91 Å². The number of benzene rings is 1. The van der Waals surface area contributed by atoms with Crippen LogP contribution in [0.3, 0.4) is 0 Å². The van der Waals surface area contributed by atoms with Crippen molar-refractivity contribution in [2.24, 2.45) is 5.92 Å². The molecule has 0 aliphatic rings. The van der Waals surface area contributed by atoms with Gasteiger partial charge in [0.1, 0.15) is 5.69 Å². The Morgan fingerprint density at radius 1 is 1.17 bits per heavy atom. The second-order valence-electron chi connectivity index (χ2n) is 6.22. The first-order chi connectivity index (χ1) is 11.1. The summed E-state index contributed by atoms with van der Waals surface area (Å²) in [5.41, 5.74) is 1.95. The van der Waals surface area contributed by atoms with Crippen LogP contribution >= 0.6 is 0 Å². The fourth-order valence-corrected chi connectivity index (χ4v) is 2.73. The number of amides is 1. The maximum Gasteiger partial charge on any atom is 0.267 e. The molecule has 2 rings (SSSR count). The lowest BCUT2D eigenvalue weighted by molar-refractivity contribution is 0.0930. The van der Waals surface area contributed by atoms with Crippen molar-refractivity contribution < 1.29 is 9.90 Å². The van der Waals surface area contributed by atoms with E-state index >= 15 is 0 Å². The minimum Gasteiger partial charge on any atom is -0.393 e. The van der Waals surface area contributed by atoms with Gasteiger partial charge in [-0.05, 0) is 43.4 Å². The Morgan fingerprint density at radius 3 is 2.61 bits per heavy atom. The van der Waals surface area contributed by atoms with Crippen LogP contribution in [-0.2, 0) is 13.0 Å². The Bertz CT molecular complexity index is 605. The van der Waals surface area contributed by atoms with E-state index < -0.39 is 0 Å². The summed E-state index contributed by atoms with van der Waals surface area (Å²) < 4.78 is 1.99. The quantitative estimate of drug-likeness (QED) is 0.787. The molecule has 0 spiro atoms.